The quantitative estimate of drug-likeness (QED) is 0.590. The molecule has 140 valence electrons. The molecular formula is C20H18N6O2. The highest BCUT2D eigenvalue weighted by Gasteiger charge is 2.18. The third-order valence-electron chi connectivity index (χ3n) is 4.60. The number of carbonyl (C=O) groups is 1. The molecule has 1 unspecified atom stereocenters. The van der Waals surface area contributed by atoms with Crippen LogP contribution in [0.2, 0.25) is 0 Å². The maximum absolute atomic E-state index is 12.8. The first-order valence-electron chi connectivity index (χ1n) is 8.76. The minimum Gasteiger partial charge on any atom is -0.344 e. The standard InChI is InChI=1S/C20H18N6O2/c1-13(14-7-9-15(10-8-14)26-12-21-11-22-26)23-19(27)18-16-5-3-4-6-17(16)20(28)25(2)24-18/h3-13H,1-2H3,(H,23,27). The predicted octanol–water partition coefficient (Wildman–Crippen LogP) is 2.01. The molecule has 8 nitrogen and oxygen atoms in total. The minimum atomic E-state index is -0.334. The van der Waals surface area contributed by atoms with E-state index in [1.165, 1.54) is 18.1 Å². The van der Waals surface area contributed by atoms with Crippen LogP contribution < -0.4 is 10.9 Å². The average Bonchev–Trinajstić information content (AvgIpc) is 3.25. The van der Waals surface area contributed by atoms with Crippen molar-refractivity contribution in [1.82, 2.24) is 29.9 Å². The Bertz CT molecular complexity index is 1200. The summed E-state index contributed by atoms with van der Waals surface area (Å²) in [4.78, 5) is 29.0. The Balaban J connectivity index is 1.59. The molecule has 1 atom stereocenters. The molecule has 2 aromatic carbocycles. The Morgan fingerprint density at radius 3 is 2.46 bits per heavy atom. The van der Waals surface area contributed by atoms with Crippen molar-refractivity contribution in [3.05, 3.63) is 82.8 Å². The minimum absolute atomic E-state index is 0.226. The fraction of sp³-hybridized carbons (Fsp3) is 0.150. The molecular weight excluding hydrogens is 356 g/mol. The lowest BCUT2D eigenvalue weighted by Crippen LogP contribution is -2.31. The molecule has 2 aromatic heterocycles. The SMILES string of the molecule is CC(NC(=O)c1nn(C)c(=O)c2ccccc12)c1ccc(-n2cncn2)cc1. The molecule has 4 aromatic rings. The van der Waals surface area contributed by atoms with Crippen LogP contribution in [0, 0.1) is 0 Å². The molecule has 0 aliphatic rings. The maximum atomic E-state index is 12.8. The van der Waals surface area contributed by atoms with E-state index in [0.29, 0.717) is 10.8 Å². The van der Waals surface area contributed by atoms with Crippen molar-refractivity contribution < 1.29 is 4.79 Å². The Kier molecular flexibility index (Phi) is 4.44. The lowest BCUT2D eigenvalue weighted by molar-refractivity contribution is 0.0934. The van der Waals surface area contributed by atoms with Crippen LogP contribution in [0.3, 0.4) is 0 Å². The summed E-state index contributed by atoms with van der Waals surface area (Å²) in [5.74, 6) is -0.334. The molecule has 0 radical (unpaired) electrons. The van der Waals surface area contributed by atoms with Gasteiger partial charge in [0.15, 0.2) is 5.69 Å². The number of aromatic nitrogens is 5. The van der Waals surface area contributed by atoms with Gasteiger partial charge in [-0.3, -0.25) is 9.59 Å². The zero-order valence-corrected chi connectivity index (χ0v) is 15.4. The largest absolute Gasteiger partial charge is 0.344 e. The summed E-state index contributed by atoms with van der Waals surface area (Å²) < 4.78 is 2.85. The fourth-order valence-electron chi connectivity index (χ4n) is 3.07. The van der Waals surface area contributed by atoms with Gasteiger partial charge in [0.1, 0.15) is 12.7 Å². The van der Waals surface area contributed by atoms with E-state index in [0.717, 1.165) is 11.3 Å². The highest BCUT2D eigenvalue weighted by Crippen LogP contribution is 2.18. The van der Waals surface area contributed by atoms with E-state index >= 15 is 0 Å². The van der Waals surface area contributed by atoms with Crippen LogP contribution in [-0.4, -0.2) is 30.5 Å². The second kappa shape index (κ2) is 7.07. The summed E-state index contributed by atoms with van der Waals surface area (Å²) in [6.45, 7) is 1.90. The number of rotatable bonds is 4. The normalized spacial score (nSPS) is 12.1. The predicted molar refractivity (Wildman–Crippen MR) is 104 cm³/mol. The number of amides is 1. The summed E-state index contributed by atoms with van der Waals surface area (Å²) in [6.07, 6.45) is 3.10. The van der Waals surface area contributed by atoms with E-state index in [9.17, 15) is 9.59 Å². The van der Waals surface area contributed by atoms with Gasteiger partial charge in [0.05, 0.1) is 17.1 Å². The van der Waals surface area contributed by atoms with Crippen molar-refractivity contribution >= 4 is 16.7 Å². The van der Waals surface area contributed by atoms with Crippen molar-refractivity contribution in [2.24, 2.45) is 7.05 Å². The Labute approximate surface area is 160 Å². The fourth-order valence-corrected chi connectivity index (χ4v) is 3.07. The zero-order valence-electron chi connectivity index (χ0n) is 15.4. The van der Waals surface area contributed by atoms with Gasteiger partial charge in [-0.05, 0) is 30.7 Å². The number of fused-ring (bicyclic) bond motifs is 1. The average molecular weight is 374 g/mol. The van der Waals surface area contributed by atoms with E-state index in [1.54, 1.807) is 35.3 Å². The van der Waals surface area contributed by atoms with Gasteiger partial charge in [-0.25, -0.2) is 14.3 Å². The van der Waals surface area contributed by atoms with E-state index in [-0.39, 0.29) is 23.2 Å². The summed E-state index contributed by atoms with van der Waals surface area (Å²) in [5.41, 5.74) is 1.81. The molecule has 2 heterocycles. The van der Waals surface area contributed by atoms with Crippen LogP contribution in [0.1, 0.15) is 29.0 Å². The molecule has 8 heteroatoms. The van der Waals surface area contributed by atoms with Crippen LogP contribution in [0.5, 0.6) is 0 Å². The number of aryl methyl sites for hydroxylation is 1. The van der Waals surface area contributed by atoms with Crippen LogP contribution in [0.15, 0.2) is 66.0 Å². The highest BCUT2D eigenvalue weighted by molar-refractivity contribution is 6.04. The Morgan fingerprint density at radius 1 is 1.07 bits per heavy atom. The summed E-state index contributed by atoms with van der Waals surface area (Å²) >= 11 is 0. The van der Waals surface area contributed by atoms with Gasteiger partial charge in [0, 0.05) is 12.4 Å². The zero-order chi connectivity index (χ0) is 19.7. The van der Waals surface area contributed by atoms with Gasteiger partial charge in [-0.2, -0.15) is 10.2 Å². The monoisotopic (exact) mass is 374 g/mol. The van der Waals surface area contributed by atoms with Gasteiger partial charge >= 0.3 is 0 Å². The number of benzene rings is 2. The van der Waals surface area contributed by atoms with Gasteiger partial charge in [0.25, 0.3) is 11.5 Å². The number of hydrogen-bond acceptors (Lipinski definition) is 5. The van der Waals surface area contributed by atoms with E-state index < -0.39 is 0 Å². The molecule has 0 saturated carbocycles. The van der Waals surface area contributed by atoms with Crippen molar-refractivity contribution in [2.75, 3.05) is 0 Å². The van der Waals surface area contributed by atoms with E-state index in [2.05, 4.69) is 20.5 Å². The van der Waals surface area contributed by atoms with Crippen LogP contribution in [-0.2, 0) is 7.05 Å². The van der Waals surface area contributed by atoms with Gasteiger partial charge in [-0.15, -0.1) is 0 Å². The van der Waals surface area contributed by atoms with Crippen LogP contribution in [0.25, 0.3) is 16.5 Å². The molecule has 0 aliphatic carbocycles. The third-order valence-corrected chi connectivity index (χ3v) is 4.60. The van der Waals surface area contributed by atoms with Crippen molar-refractivity contribution in [3.8, 4) is 5.69 Å². The summed E-state index contributed by atoms with van der Waals surface area (Å²) in [5, 5.41) is 12.2. The second-order valence-corrected chi connectivity index (χ2v) is 6.45. The molecule has 1 amide bonds. The van der Waals surface area contributed by atoms with Gasteiger partial charge in [-0.1, -0.05) is 30.3 Å². The smallest absolute Gasteiger partial charge is 0.274 e. The Morgan fingerprint density at radius 2 is 1.79 bits per heavy atom. The van der Waals surface area contributed by atoms with Crippen molar-refractivity contribution in [2.45, 2.75) is 13.0 Å². The third kappa shape index (κ3) is 3.16. The van der Waals surface area contributed by atoms with Crippen LogP contribution >= 0.6 is 0 Å². The first-order valence-corrected chi connectivity index (χ1v) is 8.76. The van der Waals surface area contributed by atoms with Gasteiger partial charge < -0.3 is 5.32 Å². The highest BCUT2D eigenvalue weighted by atomic mass is 16.2. The summed E-state index contributed by atoms with van der Waals surface area (Å²) in [7, 11) is 1.54. The Hall–Kier alpha value is -3.81. The first-order chi connectivity index (χ1) is 13.5. The van der Waals surface area contributed by atoms with Crippen molar-refractivity contribution in [1.29, 1.82) is 0 Å². The summed E-state index contributed by atoms with van der Waals surface area (Å²) in [6, 6.07) is 14.4. The molecule has 0 spiro atoms. The lowest BCUT2D eigenvalue weighted by Gasteiger charge is -2.15. The maximum Gasteiger partial charge on any atom is 0.274 e. The van der Waals surface area contributed by atoms with Gasteiger partial charge in [0.2, 0.25) is 0 Å². The molecule has 0 fully saturated rings. The first kappa shape index (κ1) is 17.6. The molecule has 0 aliphatic heterocycles. The molecule has 28 heavy (non-hydrogen) atoms. The lowest BCUT2D eigenvalue weighted by atomic mass is 10.1. The van der Waals surface area contributed by atoms with E-state index in [4.69, 9.17) is 0 Å². The molecule has 0 bridgehead atoms. The topological polar surface area (TPSA) is 94.7 Å². The second-order valence-electron chi connectivity index (χ2n) is 6.45. The number of nitrogens with one attached hydrogen (secondary N) is 1. The molecule has 0 saturated heterocycles. The molecule has 4 rings (SSSR count). The van der Waals surface area contributed by atoms with Crippen molar-refractivity contribution in [3.63, 3.8) is 0 Å². The number of hydrogen-bond donors (Lipinski definition) is 1. The number of nitrogens with zero attached hydrogens (tertiary/aromatic N) is 5. The molecule has 1 N–H and O–H groups in total. The van der Waals surface area contributed by atoms with E-state index in [1.807, 2.05) is 31.2 Å². The number of carbonyl (C=O) groups excluding carboxylic acids is 1. The van der Waals surface area contributed by atoms with Crippen LogP contribution in [0.4, 0.5) is 0 Å².